The second-order valence-electron chi connectivity index (χ2n) is 4.41. The fraction of sp³-hybridized carbons (Fsp3) is 0.188. The Hall–Kier alpha value is -2.21. The Kier molecular flexibility index (Phi) is 5.66. The van der Waals surface area contributed by atoms with Crippen LogP contribution in [0.3, 0.4) is 0 Å². The van der Waals surface area contributed by atoms with Crippen LogP contribution < -0.4 is 15.2 Å². The third-order valence-electron chi connectivity index (χ3n) is 3.01. The van der Waals surface area contributed by atoms with Gasteiger partial charge in [0.25, 0.3) is 0 Å². The predicted octanol–water partition coefficient (Wildman–Crippen LogP) is 3.30. The molecule has 0 heterocycles. The monoisotopic (exact) mass is 364 g/mol. The molecule has 2 rings (SSSR count). The van der Waals surface area contributed by atoms with E-state index < -0.39 is 0 Å². The molecular weight excluding hydrogens is 348 g/mol. The Labute approximate surface area is 137 Å². The third-order valence-corrected chi connectivity index (χ3v) is 3.50. The molecule has 0 aromatic heterocycles. The predicted molar refractivity (Wildman–Crippen MR) is 89.2 cm³/mol. The zero-order chi connectivity index (χ0) is 15.9. The van der Waals surface area contributed by atoms with Crippen LogP contribution in [0.1, 0.15) is 11.1 Å². The number of halogens is 1. The van der Waals surface area contributed by atoms with Gasteiger partial charge in [0.05, 0.1) is 19.8 Å². The minimum absolute atomic E-state index is 0.248. The number of hydrogen-bond donors (Lipinski definition) is 1. The van der Waals surface area contributed by atoms with Gasteiger partial charge in [0.15, 0.2) is 5.84 Å². The van der Waals surface area contributed by atoms with Gasteiger partial charge in [0.2, 0.25) is 0 Å². The lowest BCUT2D eigenvalue weighted by Gasteiger charge is -2.09. The Morgan fingerprint density at radius 1 is 1.09 bits per heavy atom. The molecule has 0 aliphatic carbocycles. The van der Waals surface area contributed by atoms with Gasteiger partial charge in [-0.05, 0) is 30.3 Å². The molecule has 0 atom stereocenters. The van der Waals surface area contributed by atoms with Crippen LogP contribution in [0.2, 0.25) is 0 Å². The summed E-state index contributed by atoms with van der Waals surface area (Å²) in [5.41, 5.74) is 7.50. The highest BCUT2D eigenvalue weighted by Crippen LogP contribution is 2.24. The van der Waals surface area contributed by atoms with Gasteiger partial charge in [-0.15, -0.1) is 0 Å². The average molecular weight is 365 g/mol. The number of nitrogens with two attached hydrogens (primary N) is 1. The molecule has 0 aliphatic rings. The smallest absolute Gasteiger partial charge is 0.174 e. The third kappa shape index (κ3) is 3.92. The Morgan fingerprint density at radius 2 is 1.82 bits per heavy atom. The topological polar surface area (TPSA) is 66.1 Å². The number of hydrogen-bond acceptors (Lipinski definition) is 4. The molecule has 0 saturated carbocycles. The molecule has 2 N–H and O–H groups in total. The van der Waals surface area contributed by atoms with Crippen molar-refractivity contribution >= 4 is 21.8 Å². The number of oxime groups is 1. The molecule has 0 saturated heterocycles. The Bertz CT molecular complexity index is 674. The van der Waals surface area contributed by atoms with Gasteiger partial charge in [-0.2, -0.15) is 0 Å². The fourth-order valence-electron chi connectivity index (χ4n) is 1.94. The largest absolute Gasteiger partial charge is 0.496 e. The summed E-state index contributed by atoms with van der Waals surface area (Å²) >= 11 is 3.41. The maximum atomic E-state index is 5.94. The van der Waals surface area contributed by atoms with E-state index in [0.717, 1.165) is 15.8 Å². The van der Waals surface area contributed by atoms with E-state index in [2.05, 4.69) is 21.1 Å². The number of methoxy groups -OCH3 is 2. The van der Waals surface area contributed by atoms with E-state index in [1.54, 1.807) is 14.2 Å². The van der Waals surface area contributed by atoms with Crippen molar-refractivity contribution in [1.82, 2.24) is 0 Å². The highest BCUT2D eigenvalue weighted by Gasteiger charge is 2.07. The van der Waals surface area contributed by atoms with Crippen LogP contribution in [0.15, 0.2) is 52.1 Å². The van der Waals surface area contributed by atoms with Crippen LogP contribution in [0.4, 0.5) is 0 Å². The summed E-state index contributed by atoms with van der Waals surface area (Å²) in [5.74, 6) is 1.63. The Morgan fingerprint density at radius 3 is 2.55 bits per heavy atom. The lowest BCUT2D eigenvalue weighted by molar-refractivity contribution is 0.128. The van der Waals surface area contributed by atoms with E-state index >= 15 is 0 Å². The summed E-state index contributed by atoms with van der Waals surface area (Å²) in [4.78, 5) is 5.34. The average Bonchev–Trinajstić information content (AvgIpc) is 2.55. The summed E-state index contributed by atoms with van der Waals surface area (Å²) < 4.78 is 11.5. The van der Waals surface area contributed by atoms with Gasteiger partial charge >= 0.3 is 0 Å². The molecular formula is C16H17BrN2O3. The van der Waals surface area contributed by atoms with Crippen molar-refractivity contribution in [3.63, 3.8) is 0 Å². The minimum atomic E-state index is 0.248. The van der Waals surface area contributed by atoms with E-state index in [1.807, 2.05) is 42.5 Å². The molecule has 0 bridgehead atoms. The van der Waals surface area contributed by atoms with Crippen molar-refractivity contribution in [3.8, 4) is 11.5 Å². The van der Waals surface area contributed by atoms with Gasteiger partial charge < -0.3 is 20.0 Å². The van der Waals surface area contributed by atoms with Crippen LogP contribution >= 0.6 is 15.9 Å². The van der Waals surface area contributed by atoms with E-state index in [9.17, 15) is 0 Å². The number of ether oxygens (including phenoxy) is 2. The lowest BCUT2D eigenvalue weighted by Crippen LogP contribution is -2.15. The van der Waals surface area contributed by atoms with E-state index in [-0.39, 0.29) is 12.4 Å². The normalized spacial score (nSPS) is 11.1. The second-order valence-corrected chi connectivity index (χ2v) is 5.32. The SMILES string of the molecule is COc1ccc(Br)cc1CO/N=C(/N)c1ccccc1OC. The van der Waals surface area contributed by atoms with Crippen molar-refractivity contribution in [1.29, 1.82) is 0 Å². The first-order chi connectivity index (χ1) is 10.7. The fourth-order valence-corrected chi connectivity index (χ4v) is 2.35. The summed E-state index contributed by atoms with van der Waals surface area (Å²) in [6, 6.07) is 13.0. The van der Waals surface area contributed by atoms with Crippen LogP contribution in [0, 0.1) is 0 Å². The first-order valence-electron chi connectivity index (χ1n) is 6.57. The van der Waals surface area contributed by atoms with Gasteiger partial charge in [-0.25, -0.2) is 0 Å². The van der Waals surface area contributed by atoms with Crippen LogP contribution in [0.25, 0.3) is 0 Å². The molecule has 116 valence electrons. The van der Waals surface area contributed by atoms with E-state index in [0.29, 0.717) is 11.3 Å². The second kappa shape index (κ2) is 7.70. The van der Waals surface area contributed by atoms with E-state index in [4.69, 9.17) is 20.0 Å². The number of nitrogens with zero attached hydrogens (tertiary/aromatic N) is 1. The van der Waals surface area contributed by atoms with Gasteiger partial charge in [-0.3, -0.25) is 0 Å². The molecule has 0 unspecified atom stereocenters. The van der Waals surface area contributed by atoms with Crippen molar-refractivity contribution < 1.29 is 14.3 Å². The Balaban J connectivity index is 2.10. The van der Waals surface area contributed by atoms with E-state index in [1.165, 1.54) is 0 Å². The van der Waals surface area contributed by atoms with Crippen LogP contribution in [-0.4, -0.2) is 20.1 Å². The number of rotatable bonds is 6. The molecule has 0 spiro atoms. The van der Waals surface area contributed by atoms with Crippen molar-refractivity contribution in [2.24, 2.45) is 10.9 Å². The maximum absolute atomic E-state index is 5.94. The molecule has 22 heavy (non-hydrogen) atoms. The molecule has 0 aliphatic heterocycles. The highest BCUT2D eigenvalue weighted by atomic mass is 79.9. The molecule has 0 fully saturated rings. The first-order valence-corrected chi connectivity index (χ1v) is 7.36. The molecule has 6 heteroatoms. The first kappa shape index (κ1) is 16.2. The minimum Gasteiger partial charge on any atom is -0.496 e. The maximum Gasteiger partial charge on any atom is 0.174 e. The molecule has 2 aromatic rings. The summed E-state index contributed by atoms with van der Waals surface area (Å²) in [6.07, 6.45) is 0. The molecule has 5 nitrogen and oxygen atoms in total. The van der Waals surface area contributed by atoms with Crippen molar-refractivity contribution in [2.45, 2.75) is 6.61 Å². The molecule has 0 radical (unpaired) electrons. The summed E-state index contributed by atoms with van der Waals surface area (Å²) in [7, 11) is 3.19. The number of para-hydroxylation sites is 1. The summed E-state index contributed by atoms with van der Waals surface area (Å²) in [6.45, 7) is 0.248. The zero-order valence-corrected chi connectivity index (χ0v) is 14.0. The van der Waals surface area contributed by atoms with Crippen LogP contribution in [-0.2, 0) is 11.4 Å². The highest BCUT2D eigenvalue weighted by molar-refractivity contribution is 9.10. The van der Waals surface area contributed by atoms with Crippen molar-refractivity contribution in [2.75, 3.05) is 14.2 Å². The van der Waals surface area contributed by atoms with Gasteiger partial charge in [-0.1, -0.05) is 33.2 Å². The zero-order valence-electron chi connectivity index (χ0n) is 12.4. The lowest BCUT2D eigenvalue weighted by atomic mass is 10.2. The molecule has 2 aromatic carbocycles. The quantitative estimate of drug-likeness (QED) is 0.485. The van der Waals surface area contributed by atoms with Crippen molar-refractivity contribution in [3.05, 3.63) is 58.1 Å². The number of amidine groups is 1. The van der Waals surface area contributed by atoms with Gasteiger partial charge in [0, 0.05) is 10.0 Å². The molecule has 0 amide bonds. The van der Waals surface area contributed by atoms with Gasteiger partial charge in [0.1, 0.15) is 18.1 Å². The van der Waals surface area contributed by atoms with Crippen LogP contribution in [0.5, 0.6) is 11.5 Å². The standard InChI is InChI=1S/C16H17BrN2O3/c1-20-14-8-7-12(17)9-11(14)10-22-19-16(18)13-5-3-4-6-15(13)21-2/h3-9H,10H2,1-2H3,(H2,18,19). The summed E-state index contributed by atoms with van der Waals surface area (Å²) in [5, 5.41) is 3.95. The number of benzene rings is 2.